The van der Waals surface area contributed by atoms with E-state index >= 15 is 0 Å². The van der Waals surface area contributed by atoms with Crippen LogP contribution >= 0.6 is 11.6 Å². The number of nitrogens with one attached hydrogen (secondary N) is 1. The van der Waals surface area contributed by atoms with Crippen molar-refractivity contribution in [2.24, 2.45) is 0 Å². The number of hydrogen-bond donors (Lipinski definition) is 1. The molecule has 0 saturated heterocycles. The van der Waals surface area contributed by atoms with Crippen LogP contribution in [0.2, 0.25) is 0 Å². The van der Waals surface area contributed by atoms with Gasteiger partial charge in [0.15, 0.2) is 0 Å². The van der Waals surface area contributed by atoms with Crippen molar-refractivity contribution >= 4 is 11.6 Å². The number of hydrogen-bond acceptors (Lipinski definition) is 2. The fourth-order valence-electron chi connectivity index (χ4n) is 2.15. The first-order valence-corrected chi connectivity index (χ1v) is 6.19. The minimum Gasteiger partial charge on any atom is -0.487 e. The van der Waals surface area contributed by atoms with Gasteiger partial charge in [-0.15, -0.1) is 0 Å². The Morgan fingerprint density at radius 1 is 1.53 bits per heavy atom. The van der Waals surface area contributed by atoms with Gasteiger partial charge in [0.1, 0.15) is 11.4 Å². The first-order valence-electron chi connectivity index (χ1n) is 5.82. The van der Waals surface area contributed by atoms with Crippen molar-refractivity contribution in [3.8, 4) is 5.75 Å². The molecule has 92 valence electrons. The van der Waals surface area contributed by atoms with E-state index in [4.69, 9.17) is 16.3 Å². The molecule has 1 aromatic rings. The summed E-state index contributed by atoms with van der Waals surface area (Å²) in [6.07, 6.45) is 0.971. The van der Waals surface area contributed by atoms with Gasteiger partial charge in [-0.25, -0.2) is 0 Å². The normalized spacial score (nSPS) is 16.4. The van der Waals surface area contributed by atoms with Crippen molar-refractivity contribution in [3.05, 3.63) is 40.9 Å². The van der Waals surface area contributed by atoms with Gasteiger partial charge in [0.25, 0.3) is 0 Å². The lowest BCUT2D eigenvalue weighted by molar-refractivity contribution is 0.137. The molecule has 0 radical (unpaired) electrons. The molecule has 1 N–H and O–H groups in total. The lowest BCUT2D eigenvalue weighted by Gasteiger charge is -2.18. The van der Waals surface area contributed by atoms with Crippen molar-refractivity contribution < 1.29 is 4.74 Å². The molecular formula is C14H18ClNO. The SMILES string of the molecule is C=C(Cl)CNCc1cccc2c1OC(C)(C)C2. The maximum absolute atomic E-state index is 5.99. The maximum Gasteiger partial charge on any atom is 0.127 e. The quantitative estimate of drug-likeness (QED) is 0.887. The lowest BCUT2D eigenvalue weighted by atomic mass is 10.0. The van der Waals surface area contributed by atoms with Crippen molar-refractivity contribution in [1.82, 2.24) is 5.32 Å². The molecule has 0 fully saturated rings. The molecule has 1 aliphatic rings. The van der Waals surface area contributed by atoms with E-state index in [0.717, 1.165) is 18.7 Å². The van der Waals surface area contributed by atoms with Crippen molar-refractivity contribution in [3.63, 3.8) is 0 Å². The molecule has 0 bridgehead atoms. The molecule has 2 rings (SSSR count). The third-order valence-corrected chi connectivity index (χ3v) is 2.94. The molecule has 17 heavy (non-hydrogen) atoms. The Labute approximate surface area is 108 Å². The number of halogens is 1. The maximum atomic E-state index is 5.99. The molecule has 0 saturated carbocycles. The summed E-state index contributed by atoms with van der Waals surface area (Å²) in [5, 5.41) is 3.87. The Morgan fingerprint density at radius 2 is 2.29 bits per heavy atom. The van der Waals surface area contributed by atoms with E-state index in [2.05, 4.69) is 43.9 Å². The summed E-state index contributed by atoms with van der Waals surface area (Å²) in [6, 6.07) is 6.30. The van der Waals surface area contributed by atoms with E-state index in [1.54, 1.807) is 0 Å². The minimum atomic E-state index is -0.0888. The van der Waals surface area contributed by atoms with Crippen LogP contribution in [-0.2, 0) is 13.0 Å². The molecule has 0 spiro atoms. The Morgan fingerprint density at radius 3 is 3.00 bits per heavy atom. The summed E-state index contributed by atoms with van der Waals surface area (Å²) < 4.78 is 5.99. The van der Waals surface area contributed by atoms with Gasteiger partial charge in [-0.2, -0.15) is 0 Å². The van der Waals surface area contributed by atoms with Gasteiger partial charge in [0.2, 0.25) is 0 Å². The average Bonchev–Trinajstić information content (AvgIpc) is 2.52. The van der Waals surface area contributed by atoms with Crippen LogP contribution in [0.25, 0.3) is 0 Å². The standard InChI is InChI=1S/C14H18ClNO/c1-10(15)8-16-9-12-6-4-5-11-7-14(2,3)17-13(11)12/h4-6,16H,1,7-9H2,2-3H3. The Hall–Kier alpha value is -0.990. The summed E-state index contributed by atoms with van der Waals surface area (Å²) >= 11 is 5.72. The topological polar surface area (TPSA) is 21.3 Å². The first-order chi connectivity index (χ1) is 7.98. The lowest BCUT2D eigenvalue weighted by Crippen LogP contribution is -2.25. The van der Waals surface area contributed by atoms with E-state index in [9.17, 15) is 0 Å². The molecule has 3 heteroatoms. The summed E-state index contributed by atoms with van der Waals surface area (Å²) in [5.41, 5.74) is 2.39. The molecule has 0 aliphatic carbocycles. The van der Waals surface area contributed by atoms with Gasteiger partial charge < -0.3 is 10.1 Å². The Kier molecular flexibility index (Phi) is 3.45. The van der Waals surface area contributed by atoms with Gasteiger partial charge in [0.05, 0.1) is 0 Å². The number of rotatable bonds is 4. The van der Waals surface area contributed by atoms with E-state index < -0.39 is 0 Å². The Balaban J connectivity index is 2.10. The zero-order chi connectivity index (χ0) is 12.5. The second-order valence-electron chi connectivity index (χ2n) is 5.06. The number of benzene rings is 1. The van der Waals surface area contributed by atoms with Crippen LogP contribution in [0.15, 0.2) is 29.8 Å². The van der Waals surface area contributed by atoms with E-state index in [0.29, 0.717) is 11.6 Å². The molecule has 1 aliphatic heterocycles. The summed E-state index contributed by atoms with van der Waals surface area (Å²) in [4.78, 5) is 0. The van der Waals surface area contributed by atoms with Gasteiger partial charge in [-0.1, -0.05) is 36.4 Å². The first kappa shape index (κ1) is 12.5. The fraction of sp³-hybridized carbons (Fsp3) is 0.429. The highest BCUT2D eigenvalue weighted by molar-refractivity contribution is 6.29. The second kappa shape index (κ2) is 4.71. The number of ether oxygens (including phenoxy) is 1. The van der Waals surface area contributed by atoms with E-state index in [-0.39, 0.29) is 5.60 Å². The predicted octanol–water partition coefficient (Wildman–Crippen LogP) is 3.24. The van der Waals surface area contributed by atoms with E-state index in [1.807, 2.05) is 0 Å². The third kappa shape index (κ3) is 3.02. The van der Waals surface area contributed by atoms with Crippen LogP contribution in [-0.4, -0.2) is 12.1 Å². The summed E-state index contributed by atoms with van der Waals surface area (Å²) in [6.45, 7) is 9.26. The van der Waals surface area contributed by atoms with Crippen LogP contribution < -0.4 is 10.1 Å². The highest BCUT2D eigenvalue weighted by Crippen LogP contribution is 2.37. The monoisotopic (exact) mass is 251 g/mol. The molecule has 0 amide bonds. The van der Waals surface area contributed by atoms with Gasteiger partial charge in [0, 0.05) is 30.1 Å². The largest absolute Gasteiger partial charge is 0.487 e. The Bertz CT molecular complexity index is 440. The molecule has 1 heterocycles. The molecule has 0 unspecified atom stereocenters. The van der Waals surface area contributed by atoms with Crippen molar-refractivity contribution in [2.45, 2.75) is 32.4 Å². The molecular weight excluding hydrogens is 234 g/mol. The van der Waals surface area contributed by atoms with Gasteiger partial charge >= 0.3 is 0 Å². The van der Waals surface area contributed by atoms with Crippen molar-refractivity contribution in [1.29, 1.82) is 0 Å². The van der Waals surface area contributed by atoms with Gasteiger partial charge in [-0.05, 0) is 19.4 Å². The van der Waals surface area contributed by atoms with Gasteiger partial charge in [-0.3, -0.25) is 0 Å². The average molecular weight is 252 g/mol. The van der Waals surface area contributed by atoms with Crippen LogP contribution in [0.3, 0.4) is 0 Å². The molecule has 2 nitrogen and oxygen atoms in total. The van der Waals surface area contributed by atoms with Crippen LogP contribution in [0.5, 0.6) is 5.75 Å². The zero-order valence-corrected chi connectivity index (χ0v) is 11.1. The third-order valence-electron chi connectivity index (χ3n) is 2.80. The van der Waals surface area contributed by atoms with Crippen LogP contribution in [0.1, 0.15) is 25.0 Å². The smallest absolute Gasteiger partial charge is 0.127 e. The fourth-order valence-corrected chi connectivity index (χ4v) is 2.25. The van der Waals surface area contributed by atoms with Crippen molar-refractivity contribution in [2.75, 3.05) is 6.54 Å². The molecule has 1 aromatic carbocycles. The van der Waals surface area contributed by atoms with E-state index in [1.165, 1.54) is 11.1 Å². The van der Waals surface area contributed by atoms with Crippen LogP contribution in [0, 0.1) is 0 Å². The molecule has 0 atom stereocenters. The highest BCUT2D eigenvalue weighted by Gasteiger charge is 2.31. The highest BCUT2D eigenvalue weighted by atomic mass is 35.5. The predicted molar refractivity (Wildman–Crippen MR) is 71.6 cm³/mol. The van der Waals surface area contributed by atoms with Crippen LogP contribution in [0.4, 0.5) is 0 Å². The zero-order valence-electron chi connectivity index (χ0n) is 10.3. The minimum absolute atomic E-state index is 0.0888. The number of para-hydroxylation sites is 1. The number of fused-ring (bicyclic) bond motifs is 1. The second-order valence-corrected chi connectivity index (χ2v) is 5.60. The summed E-state index contributed by atoms with van der Waals surface area (Å²) in [5.74, 6) is 1.03. The summed E-state index contributed by atoms with van der Waals surface area (Å²) in [7, 11) is 0. The molecule has 0 aromatic heterocycles.